The van der Waals surface area contributed by atoms with Gasteiger partial charge in [-0.25, -0.2) is 0 Å². The average Bonchev–Trinajstić information content (AvgIpc) is 2.34. The van der Waals surface area contributed by atoms with E-state index in [2.05, 4.69) is 26.0 Å². The summed E-state index contributed by atoms with van der Waals surface area (Å²) in [7, 11) is 0. The van der Waals surface area contributed by atoms with Crippen molar-refractivity contribution in [3.05, 3.63) is 35.9 Å². The van der Waals surface area contributed by atoms with Crippen LogP contribution >= 0.6 is 12.2 Å². The fourth-order valence-corrected chi connectivity index (χ4v) is 1.56. The van der Waals surface area contributed by atoms with Crippen LogP contribution < -0.4 is 0 Å². The Labute approximate surface area is 104 Å². The third kappa shape index (κ3) is 5.26. The molecular weight excluding hydrogens is 216 g/mol. The van der Waals surface area contributed by atoms with Gasteiger partial charge in [0.1, 0.15) is 6.61 Å². The highest BCUT2D eigenvalue weighted by Gasteiger charge is 2.03. The molecule has 0 aliphatic heterocycles. The van der Waals surface area contributed by atoms with E-state index in [-0.39, 0.29) is 0 Å². The molecule has 88 valence electrons. The topological polar surface area (TPSA) is 9.23 Å². The van der Waals surface area contributed by atoms with E-state index in [1.165, 1.54) is 12.0 Å². The van der Waals surface area contributed by atoms with Gasteiger partial charge in [-0.2, -0.15) is 0 Å². The molecule has 0 heterocycles. The molecule has 0 saturated carbocycles. The molecule has 1 atom stereocenters. The van der Waals surface area contributed by atoms with Crippen LogP contribution in [0.1, 0.15) is 38.7 Å². The molecule has 0 fully saturated rings. The minimum Gasteiger partial charge on any atom is -0.482 e. The lowest BCUT2D eigenvalue weighted by Gasteiger charge is -2.10. The SMILES string of the molecule is CCC(C)CCC(=S)OCc1ccccc1. The summed E-state index contributed by atoms with van der Waals surface area (Å²) in [6, 6.07) is 10.1. The van der Waals surface area contributed by atoms with E-state index in [1.54, 1.807) is 0 Å². The second-order valence-corrected chi connectivity index (χ2v) is 4.65. The largest absolute Gasteiger partial charge is 0.482 e. The number of hydrogen-bond acceptors (Lipinski definition) is 2. The Bertz CT molecular complexity index is 308. The minimum atomic E-state index is 0.597. The highest BCUT2D eigenvalue weighted by molar-refractivity contribution is 7.80. The van der Waals surface area contributed by atoms with Gasteiger partial charge in [0, 0.05) is 6.42 Å². The van der Waals surface area contributed by atoms with Crippen LogP contribution in [-0.4, -0.2) is 5.05 Å². The number of rotatable bonds is 6. The molecule has 0 bridgehead atoms. The summed E-state index contributed by atoms with van der Waals surface area (Å²) in [4.78, 5) is 0. The average molecular weight is 236 g/mol. The Morgan fingerprint density at radius 3 is 2.62 bits per heavy atom. The fourth-order valence-electron chi connectivity index (χ4n) is 1.38. The van der Waals surface area contributed by atoms with Crippen LogP contribution in [0.4, 0.5) is 0 Å². The number of hydrogen-bond donors (Lipinski definition) is 0. The summed E-state index contributed by atoms with van der Waals surface area (Å²) < 4.78 is 5.55. The molecule has 0 saturated heterocycles. The first-order valence-electron chi connectivity index (χ1n) is 5.92. The Morgan fingerprint density at radius 2 is 2.00 bits per heavy atom. The number of thiocarbonyl (C=S) groups is 1. The normalized spacial score (nSPS) is 12.1. The van der Waals surface area contributed by atoms with E-state index < -0.39 is 0 Å². The minimum absolute atomic E-state index is 0.597. The second-order valence-electron chi connectivity index (χ2n) is 4.20. The molecular formula is C14H20OS. The molecule has 0 N–H and O–H groups in total. The van der Waals surface area contributed by atoms with Crippen molar-refractivity contribution >= 4 is 17.3 Å². The summed E-state index contributed by atoms with van der Waals surface area (Å²) in [6.07, 6.45) is 3.24. The predicted molar refractivity (Wildman–Crippen MR) is 72.5 cm³/mol. The first-order chi connectivity index (χ1) is 7.72. The maximum atomic E-state index is 5.55. The molecule has 1 unspecified atom stereocenters. The molecule has 0 aliphatic carbocycles. The Hall–Kier alpha value is -0.890. The highest BCUT2D eigenvalue weighted by Crippen LogP contribution is 2.11. The van der Waals surface area contributed by atoms with Gasteiger partial charge in [-0.15, -0.1) is 0 Å². The van der Waals surface area contributed by atoms with Crippen molar-refractivity contribution < 1.29 is 4.74 Å². The van der Waals surface area contributed by atoms with Gasteiger partial charge < -0.3 is 4.74 Å². The molecule has 0 radical (unpaired) electrons. The lowest BCUT2D eigenvalue weighted by Crippen LogP contribution is -2.04. The molecule has 2 heteroatoms. The zero-order valence-electron chi connectivity index (χ0n) is 10.1. The van der Waals surface area contributed by atoms with Crippen molar-refractivity contribution in [1.29, 1.82) is 0 Å². The molecule has 0 amide bonds. The second kappa shape index (κ2) is 7.39. The monoisotopic (exact) mass is 236 g/mol. The van der Waals surface area contributed by atoms with Crippen LogP contribution in [-0.2, 0) is 11.3 Å². The number of ether oxygens (including phenoxy) is 1. The third-order valence-electron chi connectivity index (χ3n) is 2.78. The molecule has 0 spiro atoms. The molecule has 1 aromatic carbocycles. The van der Waals surface area contributed by atoms with Gasteiger partial charge >= 0.3 is 0 Å². The van der Waals surface area contributed by atoms with Gasteiger partial charge in [-0.05, 0) is 30.1 Å². The van der Waals surface area contributed by atoms with Crippen LogP contribution in [0.2, 0.25) is 0 Å². The third-order valence-corrected chi connectivity index (χ3v) is 3.10. The first kappa shape index (κ1) is 13.2. The van der Waals surface area contributed by atoms with Crippen LogP contribution in [0.3, 0.4) is 0 Å². The maximum Gasteiger partial charge on any atom is 0.160 e. The van der Waals surface area contributed by atoms with Gasteiger partial charge in [-0.1, -0.05) is 50.6 Å². The van der Waals surface area contributed by atoms with E-state index >= 15 is 0 Å². The highest BCUT2D eigenvalue weighted by atomic mass is 32.1. The van der Waals surface area contributed by atoms with E-state index in [1.807, 2.05) is 18.2 Å². The van der Waals surface area contributed by atoms with E-state index in [4.69, 9.17) is 17.0 Å². The summed E-state index contributed by atoms with van der Waals surface area (Å²) in [5.41, 5.74) is 1.17. The number of benzene rings is 1. The molecule has 0 aromatic heterocycles. The van der Waals surface area contributed by atoms with Crippen LogP contribution in [0.5, 0.6) is 0 Å². The van der Waals surface area contributed by atoms with Gasteiger partial charge in [0.05, 0.1) is 0 Å². The van der Waals surface area contributed by atoms with Crippen LogP contribution in [0, 0.1) is 5.92 Å². The maximum absolute atomic E-state index is 5.55. The van der Waals surface area contributed by atoms with E-state index in [0.717, 1.165) is 23.8 Å². The van der Waals surface area contributed by atoms with Gasteiger partial charge in [0.2, 0.25) is 0 Å². The van der Waals surface area contributed by atoms with E-state index in [0.29, 0.717) is 6.61 Å². The molecule has 1 nitrogen and oxygen atoms in total. The van der Waals surface area contributed by atoms with Gasteiger partial charge in [-0.3, -0.25) is 0 Å². The molecule has 1 rings (SSSR count). The Kier molecular flexibility index (Phi) is 6.09. The molecule has 1 aromatic rings. The standard InChI is InChI=1S/C14H20OS/c1-3-12(2)9-10-14(16)15-11-13-7-5-4-6-8-13/h4-8,12H,3,9-11H2,1-2H3. The van der Waals surface area contributed by atoms with Crippen molar-refractivity contribution in [2.75, 3.05) is 0 Å². The summed E-state index contributed by atoms with van der Waals surface area (Å²) >= 11 is 5.20. The van der Waals surface area contributed by atoms with E-state index in [9.17, 15) is 0 Å². The van der Waals surface area contributed by atoms with Crippen LogP contribution in [0.15, 0.2) is 30.3 Å². The molecule has 16 heavy (non-hydrogen) atoms. The zero-order valence-corrected chi connectivity index (χ0v) is 10.9. The summed E-state index contributed by atoms with van der Waals surface area (Å²) in [6.45, 7) is 5.05. The van der Waals surface area contributed by atoms with Crippen molar-refractivity contribution in [3.8, 4) is 0 Å². The van der Waals surface area contributed by atoms with Crippen molar-refractivity contribution in [1.82, 2.24) is 0 Å². The van der Waals surface area contributed by atoms with Crippen LogP contribution in [0.25, 0.3) is 0 Å². The lowest BCUT2D eigenvalue weighted by atomic mass is 10.0. The zero-order chi connectivity index (χ0) is 11.8. The summed E-state index contributed by atoms with van der Waals surface area (Å²) in [5.74, 6) is 0.735. The predicted octanol–water partition coefficient (Wildman–Crippen LogP) is 4.36. The lowest BCUT2D eigenvalue weighted by molar-refractivity contribution is 0.289. The Morgan fingerprint density at radius 1 is 1.31 bits per heavy atom. The van der Waals surface area contributed by atoms with Gasteiger partial charge in [0.15, 0.2) is 5.05 Å². The first-order valence-corrected chi connectivity index (χ1v) is 6.32. The van der Waals surface area contributed by atoms with Crippen molar-refractivity contribution in [2.24, 2.45) is 5.92 Å². The Balaban J connectivity index is 2.20. The fraction of sp³-hybridized carbons (Fsp3) is 0.500. The smallest absolute Gasteiger partial charge is 0.160 e. The molecule has 0 aliphatic rings. The van der Waals surface area contributed by atoms with Crippen molar-refractivity contribution in [3.63, 3.8) is 0 Å². The quantitative estimate of drug-likeness (QED) is 0.679. The van der Waals surface area contributed by atoms with Crippen molar-refractivity contribution in [2.45, 2.75) is 39.7 Å². The summed E-state index contributed by atoms with van der Waals surface area (Å²) in [5, 5.41) is 0.740. The van der Waals surface area contributed by atoms with Gasteiger partial charge in [0.25, 0.3) is 0 Å².